The Morgan fingerprint density at radius 2 is 1.92 bits per heavy atom. The molecule has 26 heavy (non-hydrogen) atoms. The molecule has 1 fully saturated rings. The normalized spacial score (nSPS) is 19.6. The number of amides is 2. The molecular weight excluding hydrogens is 328 g/mol. The van der Waals surface area contributed by atoms with Crippen LogP contribution in [0.15, 0.2) is 42.7 Å². The zero-order chi connectivity index (χ0) is 18.5. The highest BCUT2D eigenvalue weighted by molar-refractivity contribution is 6.05. The molecule has 1 aromatic heterocycles. The number of pyridine rings is 1. The van der Waals surface area contributed by atoms with E-state index in [1.165, 1.54) is 0 Å². The Balaban J connectivity index is 1.69. The van der Waals surface area contributed by atoms with Crippen molar-refractivity contribution in [3.63, 3.8) is 0 Å². The number of aromatic nitrogens is 1. The maximum Gasteiger partial charge on any atom is 0.255 e. The highest BCUT2D eigenvalue weighted by Crippen LogP contribution is 2.23. The molecule has 0 spiro atoms. The molecule has 0 bridgehead atoms. The van der Waals surface area contributed by atoms with Gasteiger partial charge in [-0.25, -0.2) is 0 Å². The maximum atomic E-state index is 12.5. The summed E-state index contributed by atoms with van der Waals surface area (Å²) in [5.41, 5.74) is 2.85. The summed E-state index contributed by atoms with van der Waals surface area (Å²) >= 11 is 0. The first-order valence-electron chi connectivity index (χ1n) is 8.89. The molecule has 2 heterocycles. The van der Waals surface area contributed by atoms with E-state index < -0.39 is 0 Å². The second kappa shape index (κ2) is 8.10. The van der Waals surface area contributed by atoms with Crippen LogP contribution in [0, 0.1) is 12.8 Å². The molecule has 6 heteroatoms. The number of nitrogens with one attached hydrogen (secondary N) is 3. The van der Waals surface area contributed by atoms with Crippen molar-refractivity contribution in [2.75, 3.05) is 17.2 Å². The summed E-state index contributed by atoms with van der Waals surface area (Å²) in [5, 5.41) is 9.24. The van der Waals surface area contributed by atoms with Crippen LogP contribution in [-0.4, -0.2) is 29.4 Å². The molecule has 1 saturated heterocycles. The lowest BCUT2D eigenvalue weighted by atomic mass is 9.92. The predicted molar refractivity (Wildman–Crippen MR) is 102 cm³/mol. The molecule has 2 atom stereocenters. The molecule has 0 saturated carbocycles. The van der Waals surface area contributed by atoms with E-state index in [-0.39, 0.29) is 17.7 Å². The van der Waals surface area contributed by atoms with Crippen molar-refractivity contribution < 1.29 is 9.59 Å². The topological polar surface area (TPSA) is 83.1 Å². The molecule has 1 aromatic carbocycles. The van der Waals surface area contributed by atoms with Crippen LogP contribution in [0.3, 0.4) is 0 Å². The summed E-state index contributed by atoms with van der Waals surface area (Å²) in [6.45, 7) is 4.88. The van der Waals surface area contributed by atoms with Crippen molar-refractivity contribution in [2.45, 2.75) is 32.7 Å². The van der Waals surface area contributed by atoms with Crippen molar-refractivity contribution in [1.29, 1.82) is 0 Å². The summed E-state index contributed by atoms with van der Waals surface area (Å²) in [6.07, 6.45) is 4.84. The SMILES string of the molecule is Cc1ccc(NC(=O)[C@H]2CCN[C@@H](C)C2)cc1NC(=O)c1ccncc1. The number of aryl methyl sites for hydroxylation is 1. The lowest BCUT2D eigenvalue weighted by Gasteiger charge is -2.27. The third-order valence-corrected chi connectivity index (χ3v) is 4.69. The lowest BCUT2D eigenvalue weighted by molar-refractivity contribution is -0.120. The van der Waals surface area contributed by atoms with Crippen LogP contribution < -0.4 is 16.0 Å². The Hall–Kier alpha value is -2.73. The van der Waals surface area contributed by atoms with Gasteiger partial charge in [-0.2, -0.15) is 0 Å². The minimum absolute atomic E-state index is 0.0161. The van der Waals surface area contributed by atoms with Crippen LogP contribution in [0.2, 0.25) is 0 Å². The molecule has 0 unspecified atom stereocenters. The number of hydrogen-bond acceptors (Lipinski definition) is 4. The van der Waals surface area contributed by atoms with Gasteiger partial charge in [-0.3, -0.25) is 14.6 Å². The Morgan fingerprint density at radius 3 is 2.65 bits per heavy atom. The summed E-state index contributed by atoms with van der Waals surface area (Å²) in [6, 6.07) is 9.23. The second-order valence-corrected chi connectivity index (χ2v) is 6.79. The third-order valence-electron chi connectivity index (χ3n) is 4.69. The van der Waals surface area contributed by atoms with Gasteiger partial charge in [0.2, 0.25) is 5.91 Å². The lowest BCUT2D eigenvalue weighted by Crippen LogP contribution is -2.40. The van der Waals surface area contributed by atoms with Gasteiger partial charge >= 0.3 is 0 Å². The van der Waals surface area contributed by atoms with Gasteiger partial charge in [-0.05, 0) is 63.1 Å². The fraction of sp³-hybridized carbons (Fsp3) is 0.350. The quantitative estimate of drug-likeness (QED) is 0.790. The molecule has 1 aliphatic heterocycles. The first kappa shape index (κ1) is 18.1. The number of anilines is 2. The van der Waals surface area contributed by atoms with Crippen molar-refractivity contribution in [1.82, 2.24) is 10.3 Å². The first-order valence-corrected chi connectivity index (χ1v) is 8.89. The molecule has 1 aliphatic rings. The average Bonchev–Trinajstić information content (AvgIpc) is 2.65. The van der Waals surface area contributed by atoms with Gasteiger partial charge in [-0.15, -0.1) is 0 Å². The molecule has 6 nitrogen and oxygen atoms in total. The van der Waals surface area contributed by atoms with Gasteiger partial charge in [0.25, 0.3) is 5.91 Å². The Morgan fingerprint density at radius 1 is 1.15 bits per heavy atom. The molecule has 2 aromatic rings. The van der Waals surface area contributed by atoms with Gasteiger partial charge in [0, 0.05) is 41.3 Å². The van der Waals surface area contributed by atoms with Crippen LogP contribution in [0.25, 0.3) is 0 Å². The summed E-state index contributed by atoms with van der Waals surface area (Å²) < 4.78 is 0. The van der Waals surface area contributed by atoms with Crippen LogP contribution in [0.1, 0.15) is 35.7 Å². The molecule has 2 amide bonds. The predicted octanol–water partition coefficient (Wildman–Crippen LogP) is 2.97. The monoisotopic (exact) mass is 352 g/mol. The van der Waals surface area contributed by atoms with Crippen molar-refractivity contribution in [3.8, 4) is 0 Å². The number of piperidine rings is 1. The second-order valence-electron chi connectivity index (χ2n) is 6.79. The van der Waals surface area contributed by atoms with Crippen molar-refractivity contribution >= 4 is 23.2 Å². The number of carbonyl (C=O) groups excluding carboxylic acids is 2. The van der Waals surface area contributed by atoms with Gasteiger partial charge in [0.15, 0.2) is 0 Å². The fourth-order valence-corrected chi connectivity index (χ4v) is 3.15. The smallest absolute Gasteiger partial charge is 0.255 e. The largest absolute Gasteiger partial charge is 0.326 e. The van der Waals surface area contributed by atoms with E-state index in [1.807, 2.05) is 19.1 Å². The molecular formula is C20H24N4O2. The molecule has 3 rings (SSSR count). The summed E-state index contributed by atoms with van der Waals surface area (Å²) in [5.74, 6) is -0.151. The van der Waals surface area contributed by atoms with E-state index >= 15 is 0 Å². The average molecular weight is 352 g/mol. The molecule has 0 radical (unpaired) electrons. The molecule has 3 N–H and O–H groups in total. The van der Waals surface area contributed by atoms with E-state index in [4.69, 9.17) is 0 Å². The van der Waals surface area contributed by atoms with E-state index in [0.29, 0.717) is 23.0 Å². The highest BCUT2D eigenvalue weighted by Gasteiger charge is 2.24. The first-order chi connectivity index (χ1) is 12.5. The van der Waals surface area contributed by atoms with E-state index in [2.05, 4.69) is 27.9 Å². The van der Waals surface area contributed by atoms with E-state index in [0.717, 1.165) is 24.9 Å². The summed E-state index contributed by atoms with van der Waals surface area (Å²) in [7, 11) is 0. The highest BCUT2D eigenvalue weighted by atomic mass is 16.2. The van der Waals surface area contributed by atoms with Crippen LogP contribution >= 0.6 is 0 Å². The molecule has 0 aliphatic carbocycles. The number of hydrogen-bond donors (Lipinski definition) is 3. The Labute approximate surface area is 153 Å². The number of carbonyl (C=O) groups is 2. The van der Waals surface area contributed by atoms with Gasteiger partial charge in [-0.1, -0.05) is 6.07 Å². The number of benzene rings is 1. The minimum atomic E-state index is -0.203. The number of nitrogens with zero attached hydrogens (tertiary/aromatic N) is 1. The minimum Gasteiger partial charge on any atom is -0.326 e. The van der Waals surface area contributed by atoms with Crippen LogP contribution in [0.4, 0.5) is 11.4 Å². The fourth-order valence-electron chi connectivity index (χ4n) is 3.15. The van der Waals surface area contributed by atoms with Crippen molar-refractivity contribution in [3.05, 3.63) is 53.9 Å². The Kier molecular flexibility index (Phi) is 5.63. The standard InChI is InChI=1S/C20H24N4O2/c1-13-3-4-17(23-20(26)16-7-10-22-14(2)11-16)12-18(13)24-19(25)15-5-8-21-9-6-15/h3-6,8-9,12,14,16,22H,7,10-11H2,1-2H3,(H,23,26)(H,24,25)/t14-,16-/m0/s1. The van der Waals surface area contributed by atoms with E-state index in [1.54, 1.807) is 30.6 Å². The van der Waals surface area contributed by atoms with Gasteiger partial charge < -0.3 is 16.0 Å². The zero-order valence-electron chi connectivity index (χ0n) is 15.1. The van der Waals surface area contributed by atoms with Crippen LogP contribution in [0.5, 0.6) is 0 Å². The Bertz CT molecular complexity index is 792. The maximum absolute atomic E-state index is 12.5. The zero-order valence-corrected chi connectivity index (χ0v) is 15.1. The third kappa shape index (κ3) is 4.46. The van der Waals surface area contributed by atoms with Crippen LogP contribution in [-0.2, 0) is 4.79 Å². The van der Waals surface area contributed by atoms with Gasteiger partial charge in [0.1, 0.15) is 0 Å². The van der Waals surface area contributed by atoms with E-state index in [9.17, 15) is 9.59 Å². The molecule has 136 valence electrons. The van der Waals surface area contributed by atoms with Gasteiger partial charge in [0.05, 0.1) is 0 Å². The summed E-state index contributed by atoms with van der Waals surface area (Å²) in [4.78, 5) is 28.8. The number of rotatable bonds is 4. The van der Waals surface area contributed by atoms with Crippen molar-refractivity contribution in [2.24, 2.45) is 5.92 Å².